The normalized spacial score (nSPS) is 18.1. The van der Waals surface area contributed by atoms with Crippen molar-refractivity contribution in [3.63, 3.8) is 0 Å². The van der Waals surface area contributed by atoms with Gasteiger partial charge in [-0.15, -0.1) is 0 Å². The van der Waals surface area contributed by atoms with E-state index in [2.05, 4.69) is 39.8 Å². The highest BCUT2D eigenvalue weighted by Gasteiger charge is 2.34. The molecule has 0 spiro atoms. The van der Waals surface area contributed by atoms with Crippen LogP contribution in [0.2, 0.25) is 0 Å². The van der Waals surface area contributed by atoms with Gasteiger partial charge in [-0.25, -0.2) is 9.78 Å². The number of amides is 2. The smallest absolute Gasteiger partial charge is 0.320 e. The van der Waals surface area contributed by atoms with Gasteiger partial charge < -0.3 is 10.1 Å². The van der Waals surface area contributed by atoms with Gasteiger partial charge in [0.05, 0.1) is 12.6 Å². The molecular formula is C28H31N5O2. The molecule has 1 aliphatic heterocycles. The maximum atomic E-state index is 13.4. The number of likely N-dealkylation sites (tertiary alicyclic amines) is 1. The van der Waals surface area contributed by atoms with E-state index in [1.807, 2.05) is 66.1 Å². The first-order chi connectivity index (χ1) is 17.1. The lowest BCUT2D eigenvalue weighted by molar-refractivity contribution is 0.159. The van der Waals surface area contributed by atoms with E-state index in [-0.39, 0.29) is 18.0 Å². The lowest BCUT2D eigenvalue weighted by Crippen LogP contribution is -2.42. The monoisotopic (exact) mass is 469 g/mol. The number of urea groups is 1. The van der Waals surface area contributed by atoms with Crippen LogP contribution < -0.4 is 10.6 Å². The zero-order valence-corrected chi connectivity index (χ0v) is 20.1. The number of carbonyl (C=O) groups excluding carboxylic acids is 1. The number of hydrogen-bond acceptors (Lipinski definition) is 4. The molecule has 2 amide bonds. The fraction of sp³-hybridized carbons (Fsp3) is 0.286. The molecule has 0 saturated carbocycles. The van der Waals surface area contributed by atoms with Crippen molar-refractivity contribution in [2.45, 2.75) is 18.9 Å². The van der Waals surface area contributed by atoms with Crippen LogP contribution in [0.25, 0.3) is 16.9 Å². The lowest BCUT2D eigenvalue weighted by atomic mass is 9.94. The molecule has 180 valence electrons. The number of rotatable bonds is 7. The molecule has 7 nitrogen and oxygen atoms in total. The summed E-state index contributed by atoms with van der Waals surface area (Å²) in [5, 5.41) is 6.38. The van der Waals surface area contributed by atoms with Crippen molar-refractivity contribution in [2.24, 2.45) is 0 Å². The molecule has 35 heavy (non-hydrogen) atoms. The van der Waals surface area contributed by atoms with E-state index in [4.69, 9.17) is 9.72 Å². The van der Waals surface area contributed by atoms with Crippen LogP contribution in [0.5, 0.6) is 0 Å². The second-order valence-electron chi connectivity index (χ2n) is 9.08. The van der Waals surface area contributed by atoms with Gasteiger partial charge in [-0.3, -0.25) is 14.6 Å². The molecule has 1 saturated heterocycles. The third-order valence-corrected chi connectivity index (χ3v) is 6.60. The van der Waals surface area contributed by atoms with E-state index >= 15 is 0 Å². The van der Waals surface area contributed by atoms with Crippen LogP contribution in [0.4, 0.5) is 10.6 Å². The van der Waals surface area contributed by atoms with Crippen LogP contribution in [0, 0.1) is 6.92 Å². The number of hydrogen-bond donors (Lipinski definition) is 2. The molecule has 1 aliphatic rings. The summed E-state index contributed by atoms with van der Waals surface area (Å²) in [4.78, 5) is 20.5. The molecule has 7 heteroatoms. The standard InChI is InChI=1S/C28H31N5O2/c1-20-13-14-25-30-26(22-11-7-4-8-12-22)27(33(25)17-20)31-28(34)29-24-19-32(15-16-35-2)18-23(24)21-9-5-3-6-10-21/h3-14,17,23-24H,15-16,18-19H2,1-2H3,(H2,29,31,34). The Morgan fingerprint density at radius 2 is 1.77 bits per heavy atom. The lowest BCUT2D eigenvalue weighted by Gasteiger charge is -2.21. The molecule has 2 unspecified atom stereocenters. The van der Waals surface area contributed by atoms with Gasteiger partial charge in [0.1, 0.15) is 17.2 Å². The van der Waals surface area contributed by atoms with Crippen molar-refractivity contribution in [3.8, 4) is 11.3 Å². The molecule has 5 rings (SSSR count). The predicted octanol–water partition coefficient (Wildman–Crippen LogP) is 4.55. The summed E-state index contributed by atoms with van der Waals surface area (Å²) < 4.78 is 7.24. The Hall–Kier alpha value is -3.68. The Kier molecular flexibility index (Phi) is 6.79. The first kappa shape index (κ1) is 23.1. The number of imidazole rings is 1. The van der Waals surface area contributed by atoms with Crippen molar-refractivity contribution >= 4 is 17.5 Å². The number of anilines is 1. The Balaban J connectivity index is 1.41. The number of carbonyl (C=O) groups is 1. The van der Waals surface area contributed by atoms with Crippen LogP contribution in [0.1, 0.15) is 17.0 Å². The molecule has 0 aliphatic carbocycles. The van der Waals surface area contributed by atoms with Gasteiger partial charge in [-0.2, -0.15) is 0 Å². The summed E-state index contributed by atoms with van der Waals surface area (Å²) in [6, 6.07) is 24.1. The van der Waals surface area contributed by atoms with E-state index in [1.165, 1.54) is 5.56 Å². The average Bonchev–Trinajstić information content (AvgIpc) is 3.44. The Labute approximate surface area is 205 Å². The molecule has 1 fully saturated rings. The first-order valence-corrected chi connectivity index (χ1v) is 12.0. The minimum Gasteiger partial charge on any atom is -0.383 e. The van der Waals surface area contributed by atoms with Gasteiger partial charge in [0.25, 0.3) is 0 Å². The molecule has 0 bridgehead atoms. The van der Waals surface area contributed by atoms with Crippen LogP contribution in [0.3, 0.4) is 0 Å². The van der Waals surface area contributed by atoms with Gasteiger partial charge in [-0.05, 0) is 24.1 Å². The highest BCUT2D eigenvalue weighted by atomic mass is 16.5. The number of aryl methyl sites for hydroxylation is 1. The van der Waals surface area contributed by atoms with E-state index < -0.39 is 0 Å². The predicted molar refractivity (Wildman–Crippen MR) is 139 cm³/mol. The van der Waals surface area contributed by atoms with Gasteiger partial charge in [-0.1, -0.05) is 66.7 Å². The zero-order valence-electron chi connectivity index (χ0n) is 20.1. The summed E-state index contributed by atoms with van der Waals surface area (Å²) >= 11 is 0. The maximum absolute atomic E-state index is 13.4. The third-order valence-electron chi connectivity index (χ3n) is 6.60. The quantitative estimate of drug-likeness (QED) is 0.417. The summed E-state index contributed by atoms with van der Waals surface area (Å²) in [6.45, 7) is 5.19. The van der Waals surface area contributed by atoms with Gasteiger partial charge in [0, 0.05) is 44.4 Å². The minimum atomic E-state index is -0.231. The number of aromatic nitrogens is 2. The van der Waals surface area contributed by atoms with E-state index in [0.717, 1.165) is 42.1 Å². The first-order valence-electron chi connectivity index (χ1n) is 12.0. The molecule has 0 radical (unpaired) electrons. The maximum Gasteiger partial charge on any atom is 0.320 e. The van der Waals surface area contributed by atoms with Crippen LogP contribution >= 0.6 is 0 Å². The summed E-state index contributed by atoms with van der Waals surface area (Å²) in [6.07, 6.45) is 2.00. The van der Waals surface area contributed by atoms with Crippen LogP contribution in [-0.2, 0) is 4.74 Å². The van der Waals surface area contributed by atoms with Crippen LogP contribution in [0.15, 0.2) is 79.0 Å². The number of nitrogens with one attached hydrogen (secondary N) is 2. The molecule has 2 N–H and O–H groups in total. The fourth-order valence-corrected chi connectivity index (χ4v) is 4.85. The van der Waals surface area contributed by atoms with Crippen molar-refractivity contribution in [3.05, 3.63) is 90.1 Å². The highest BCUT2D eigenvalue weighted by Crippen LogP contribution is 2.30. The number of pyridine rings is 1. The number of ether oxygens (including phenoxy) is 1. The Morgan fingerprint density at radius 3 is 2.51 bits per heavy atom. The van der Waals surface area contributed by atoms with Crippen molar-refractivity contribution in [1.29, 1.82) is 0 Å². The van der Waals surface area contributed by atoms with Gasteiger partial charge in [0.15, 0.2) is 0 Å². The SMILES string of the molecule is COCCN1CC(NC(=O)Nc2c(-c3ccccc3)nc3ccc(C)cn23)C(c2ccccc2)C1. The molecule has 4 aromatic rings. The Bertz CT molecular complexity index is 1290. The highest BCUT2D eigenvalue weighted by molar-refractivity contribution is 5.93. The van der Waals surface area contributed by atoms with E-state index in [1.54, 1.807) is 7.11 Å². The summed E-state index contributed by atoms with van der Waals surface area (Å²) in [5.74, 6) is 0.870. The van der Waals surface area contributed by atoms with Crippen molar-refractivity contribution in [2.75, 3.05) is 38.7 Å². The second-order valence-corrected chi connectivity index (χ2v) is 9.08. The van der Waals surface area contributed by atoms with Crippen LogP contribution in [-0.4, -0.2) is 59.7 Å². The topological polar surface area (TPSA) is 70.9 Å². The fourth-order valence-electron chi connectivity index (χ4n) is 4.85. The van der Waals surface area contributed by atoms with Gasteiger partial charge >= 0.3 is 6.03 Å². The molecule has 2 atom stereocenters. The average molecular weight is 470 g/mol. The van der Waals surface area contributed by atoms with Crippen molar-refractivity contribution in [1.82, 2.24) is 19.6 Å². The Morgan fingerprint density at radius 1 is 1.03 bits per heavy atom. The summed E-state index contributed by atoms with van der Waals surface area (Å²) in [7, 11) is 1.72. The second kappa shape index (κ2) is 10.3. The molecule has 2 aromatic carbocycles. The number of fused-ring (bicyclic) bond motifs is 1. The van der Waals surface area contributed by atoms with Crippen molar-refractivity contribution < 1.29 is 9.53 Å². The van der Waals surface area contributed by atoms with Gasteiger partial charge in [0.2, 0.25) is 0 Å². The largest absolute Gasteiger partial charge is 0.383 e. The van der Waals surface area contributed by atoms with E-state index in [9.17, 15) is 4.79 Å². The number of benzene rings is 2. The zero-order chi connectivity index (χ0) is 24.2. The molecule has 2 aromatic heterocycles. The summed E-state index contributed by atoms with van der Waals surface area (Å²) in [5.41, 5.74) is 4.82. The molecular weight excluding hydrogens is 438 g/mol. The third kappa shape index (κ3) is 5.06. The van der Waals surface area contributed by atoms with E-state index in [0.29, 0.717) is 12.4 Å². The molecule has 3 heterocycles. The number of methoxy groups -OCH3 is 1. The number of nitrogens with zero attached hydrogens (tertiary/aromatic N) is 3. The minimum absolute atomic E-state index is 0.0182.